The molecule has 17 heavy (non-hydrogen) atoms. The number of hydrogen-bond donors (Lipinski definition) is 1. The van der Waals surface area contributed by atoms with Crippen LogP contribution in [-0.4, -0.2) is 27.2 Å². The Morgan fingerprint density at radius 1 is 1.18 bits per heavy atom. The molecule has 0 radical (unpaired) electrons. The molecule has 0 atom stereocenters. The number of aromatic nitrogens is 2. The summed E-state index contributed by atoms with van der Waals surface area (Å²) in [5, 5.41) is 2.18. The molecular formula is C6H5F6N3S2. The summed E-state index contributed by atoms with van der Waals surface area (Å²) in [4.78, 5) is 3.10. The summed E-state index contributed by atoms with van der Waals surface area (Å²) in [6.45, 7) is -0.142. The Kier molecular flexibility index (Phi) is 4.47. The van der Waals surface area contributed by atoms with Crippen LogP contribution < -0.4 is 5.32 Å². The molecule has 1 heterocycles. The van der Waals surface area contributed by atoms with Crippen molar-refractivity contribution in [3.8, 4) is 0 Å². The molecule has 1 aromatic rings. The third-order valence-electron chi connectivity index (χ3n) is 1.32. The van der Waals surface area contributed by atoms with Crippen LogP contribution in [0.25, 0.3) is 0 Å². The zero-order chi connectivity index (χ0) is 13.1. The van der Waals surface area contributed by atoms with Crippen molar-refractivity contribution in [1.82, 2.24) is 9.36 Å². The molecule has 1 N–H and O–H groups in total. The Balaban J connectivity index is 2.36. The highest BCUT2D eigenvalue weighted by molar-refractivity contribution is 8.00. The average molecular weight is 297 g/mol. The minimum absolute atomic E-state index is 0.142. The third kappa shape index (κ3) is 5.44. The Morgan fingerprint density at radius 2 is 1.82 bits per heavy atom. The molecule has 3 nitrogen and oxygen atoms in total. The summed E-state index contributed by atoms with van der Waals surface area (Å²) in [6, 6.07) is 0. The zero-order valence-electron chi connectivity index (χ0n) is 7.89. The fourth-order valence-corrected chi connectivity index (χ4v) is 1.78. The number of hydrogen-bond acceptors (Lipinski definition) is 5. The maximum absolute atomic E-state index is 12.0. The van der Waals surface area contributed by atoms with Crippen LogP contribution >= 0.6 is 23.3 Å². The van der Waals surface area contributed by atoms with Crippen LogP contribution in [0.2, 0.25) is 0 Å². The Labute approximate surface area is 99.8 Å². The Bertz CT molecular complexity index is 359. The summed E-state index contributed by atoms with van der Waals surface area (Å²) in [5.74, 6) is -1.61. The molecule has 0 aliphatic heterocycles. The number of halogens is 6. The van der Waals surface area contributed by atoms with Crippen LogP contribution in [0, 0.1) is 0 Å². The van der Waals surface area contributed by atoms with Crippen LogP contribution in [0.4, 0.5) is 31.5 Å². The predicted molar refractivity (Wildman–Crippen MR) is 51.9 cm³/mol. The average Bonchev–Trinajstić information content (AvgIpc) is 2.58. The lowest BCUT2D eigenvalue weighted by molar-refractivity contribution is -0.144. The molecule has 0 spiro atoms. The van der Waals surface area contributed by atoms with Crippen molar-refractivity contribution in [3.63, 3.8) is 0 Å². The van der Waals surface area contributed by atoms with E-state index in [-0.39, 0.29) is 29.2 Å². The second-order valence-electron chi connectivity index (χ2n) is 2.64. The van der Waals surface area contributed by atoms with E-state index in [4.69, 9.17) is 0 Å². The van der Waals surface area contributed by atoms with E-state index in [0.29, 0.717) is 11.5 Å². The molecule has 0 saturated heterocycles. The first-order valence-corrected chi connectivity index (χ1v) is 5.80. The lowest BCUT2D eigenvalue weighted by Crippen LogP contribution is -2.10. The first-order chi connectivity index (χ1) is 7.68. The van der Waals surface area contributed by atoms with Crippen molar-refractivity contribution in [2.75, 3.05) is 17.6 Å². The smallest absolute Gasteiger partial charge is 0.359 e. The number of thioether (sulfide) groups is 1. The van der Waals surface area contributed by atoms with Gasteiger partial charge in [0.2, 0.25) is 11.0 Å². The van der Waals surface area contributed by atoms with Crippen molar-refractivity contribution >= 4 is 28.4 Å². The van der Waals surface area contributed by atoms with E-state index in [2.05, 4.69) is 14.7 Å². The molecule has 0 aliphatic rings. The largest absolute Gasteiger partial charge is 0.452 e. The van der Waals surface area contributed by atoms with E-state index in [9.17, 15) is 26.3 Å². The number of alkyl halides is 6. The van der Waals surface area contributed by atoms with Crippen LogP contribution in [0.1, 0.15) is 5.82 Å². The van der Waals surface area contributed by atoms with Crippen molar-refractivity contribution in [2.45, 2.75) is 11.7 Å². The summed E-state index contributed by atoms with van der Waals surface area (Å²) in [7, 11) is 0. The van der Waals surface area contributed by atoms with Crippen LogP contribution in [-0.2, 0) is 6.18 Å². The maximum atomic E-state index is 12.0. The lowest BCUT2D eigenvalue weighted by atomic mass is 10.6. The van der Waals surface area contributed by atoms with Gasteiger partial charge < -0.3 is 5.32 Å². The van der Waals surface area contributed by atoms with E-state index in [1.54, 1.807) is 0 Å². The summed E-state index contributed by atoms with van der Waals surface area (Å²) in [5.41, 5.74) is -4.35. The predicted octanol–water partition coefficient (Wildman–Crippen LogP) is 3.22. The van der Waals surface area contributed by atoms with Crippen LogP contribution in [0.15, 0.2) is 0 Å². The van der Waals surface area contributed by atoms with Gasteiger partial charge in [0.15, 0.2) is 0 Å². The minimum Gasteiger partial charge on any atom is -0.359 e. The normalized spacial score (nSPS) is 12.8. The standard InChI is InChI=1S/C6H5F6N3S2/c7-5(8,9)3-14-4(17-15-3)13-1-2-16-6(10,11)12/h1-2H2,(H,13,14,15). The zero-order valence-corrected chi connectivity index (χ0v) is 9.53. The van der Waals surface area contributed by atoms with Gasteiger partial charge in [-0.25, -0.2) is 0 Å². The third-order valence-corrected chi connectivity index (χ3v) is 2.73. The van der Waals surface area contributed by atoms with Crippen molar-refractivity contribution in [1.29, 1.82) is 0 Å². The summed E-state index contributed by atoms with van der Waals surface area (Å²) in [6.07, 6.45) is -4.64. The van der Waals surface area contributed by atoms with Crippen molar-refractivity contribution < 1.29 is 26.3 Å². The number of rotatable bonds is 4. The second kappa shape index (κ2) is 5.29. The molecular weight excluding hydrogens is 292 g/mol. The fraction of sp³-hybridized carbons (Fsp3) is 0.667. The van der Waals surface area contributed by atoms with Crippen molar-refractivity contribution in [3.05, 3.63) is 5.82 Å². The van der Waals surface area contributed by atoms with Gasteiger partial charge in [0, 0.05) is 23.8 Å². The van der Waals surface area contributed by atoms with Crippen LogP contribution in [0.3, 0.4) is 0 Å². The molecule has 0 bridgehead atoms. The molecule has 0 saturated carbocycles. The van der Waals surface area contributed by atoms with E-state index >= 15 is 0 Å². The number of anilines is 1. The van der Waals surface area contributed by atoms with Gasteiger partial charge in [0.1, 0.15) is 0 Å². The Hall–Kier alpha value is -0.710. The van der Waals surface area contributed by atoms with Gasteiger partial charge in [-0.05, 0) is 11.8 Å². The van der Waals surface area contributed by atoms with Gasteiger partial charge in [-0.15, -0.1) is 0 Å². The SMILES string of the molecule is FC(F)(F)SCCNc1nc(C(F)(F)F)ns1. The summed E-state index contributed by atoms with van der Waals surface area (Å²) < 4.78 is 74.3. The van der Waals surface area contributed by atoms with Gasteiger partial charge in [-0.1, -0.05) is 0 Å². The number of nitrogens with zero attached hydrogens (tertiary/aromatic N) is 2. The monoisotopic (exact) mass is 297 g/mol. The second-order valence-corrected chi connectivity index (χ2v) is 4.55. The van der Waals surface area contributed by atoms with Crippen molar-refractivity contribution in [2.24, 2.45) is 0 Å². The molecule has 1 rings (SSSR count). The minimum atomic E-state index is -4.64. The van der Waals surface area contributed by atoms with Gasteiger partial charge >= 0.3 is 11.7 Å². The van der Waals surface area contributed by atoms with E-state index in [0.717, 1.165) is 0 Å². The lowest BCUT2D eigenvalue weighted by Gasteiger charge is -2.05. The molecule has 1 aromatic heterocycles. The summed E-state index contributed by atoms with van der Waals surface area (Å²) >= 11 is 0.189. The molecule has 0 aliphatic carbocycles. The van der Waals surface area contributed by atoms with Gasteiger partial charge in [-0.3, -0.25) is 0 Å². The molecule has 0 fully saturated rings. The molecule has 11 heteroatoms. The Morgan fingerprint density at radius 3 is 2.29 bits per heavy atom. The van der Waals surface area contributed by atoms with E-state index < -0.39 is 17.5 Å². The highest BCUT2D eigenvalue weighted by Gasteiger charge is 2.36. The highest BCUT2D eigenvalue weighted by Crippen LogP contribution is 2.30. The van der Waals surface area contributed by atoms with E-state index in [1.165, 1.54) is 0 Å². The highest BCUT2D eigenvalue weighted by atomic mass is 32.2. The van der Waals surface area contributed by atoms with Gasteiger partial charge in [0.05, 0.1) is 0 Å². The van der Waals surface area contributed by atoms with Gasteiger partial charge in [-0.2, -0.15) is 35.7 Å². The first kappa shape index (κ1) is 14.4. The molecule has 0 amide bonds. The fourth-order valence-electron chi connectivity index (χ4n) is 0.735. The quantitative estimate of drug-likeness (QED) is 0.684. The maximum Gasteiger partial charge on any atom is 0.452 e. The number of nitrogens with one attached hydrogen (secondary N) is 1. The topological polar surface area (TPSA) is 37.8 Å². The van der Waals surface area contributed by atoms with E-state index in [1.807, 2.05) is 0 Å². The van der Waals surface area contributed by atoms with Gasteiger partial charge in [0.25, 0.3) is 0 Å². The molecule has 0 unspecified atom stereocenters. The van der Waals surface area contributed by atoms with Crippen LogP contribution in [0.5, 0.6) is 0 Å². The molecule has 0 aromatic carbocycles. The first-order valence-electron chi connectivity index (χ1n) is 4.04. The molecule has 98 valence electrons.